The van der Waals surface area contributed by atoms with Gasteiger partial charge in [0.05, 0.1) is 6.42 Å². The Hall–Kier alpha value is -1.36. The monoisotopic (exact) mass is 202 g/mol. The van der Waals surface area contributed by atoms with E-state index in [2.05, 4.69) is 6.58 Å². The van der Waals surface area contributed by atoms with Crippen LogP contribution in [0.15, 0.2) is 12.2 Å². The highest BCUT2D eigenvalue weighted by Crippen LogP contribution is 2.05. The Labute approximate surface area is 82.0 Å². The molecule has 0 aliphatic heterocycles. The molecule has 0 fully saturated rings. The van der Waals surface area contributed by atoms with Gasteiger partial charge in [0.25, 0.3) is 0 Å². The van der Waals surface area contributed by atoms with Crippen molar-refractivity contribution in [1.82, 2.24) is 0 Å². The molecular formula is C9H14O5. The summed E-state index contributed by atoms with van der Waals surface area (Å²) in [5, 5.41) is 16.9. The SMILES string of the molecule is C=C(CC(=O)O)C(=O)OC(C)CCO. The second kappa shape index (κ2) is 6.15. The van der Waals surface area contributed by atoms with Crippen LogP contribution in [0.5, 0.6) is 0 Å². The summed E-state index contributed by atoms with van der Waals surface area (Å²) >= 11 is 0. The highest BCUT2D eigenvalue weighted by molar-refractivity contribution is 5.92. The van der Waals surface area contributed by atoms with Crippen LogP contribution in [0.1, 0.15) is 19.8 Å². The van der Waals surface area contributed by atoms with E-state index in [1.165, 1.54) is 0 Å². The zero-order valence-corrected chi connectivity index (χ0v) is 8.02. The number of hydrogen-bond acceptors (Lipinski definition) is 4. The van der Waals surface area contributed by atoms with Gasteiger partial charge in [-0.3, -0.25) is 4.79 Å². The third kappa shape index (κ3) is 5.31. The van der Waals surface area contributed by atoms with Crippen LogP contribution >= 0.6 is 0 Å². The summed E-state index contributed by atoms with van der Waals surface area (Å²) in [6, 6.07) is 0. The summed E-state index contributed by atoms with van der Waals surface area (Å²) in [5.41, 5.74) is -0.0951. The van der Waals surface area contributed by atoms with Crippen molar-refractivity contribution >= 4 is 11.9 Å². The van der Waals surface area contributed by atoms with Crippen molar-refractivity contribution in [3.8, 4) is 0 Å². The van der Waals surface area contributed by atoms with Gasteiger partial charge in [-0.25, -0.2) is 4.79 Å². The average Bonchev–Trinajstić information content (AvgIpc) is 2.02. The molecule has 0 rings (SSSR count). The fourth-order valence-electron chi connectivity index (χ4n) is 0.762. The lowest BCUT2D eigenvalue weighted by Gasteiger charge is -2.11. The molecule has 0 aromatic heterocycles. The summed E-state index contributed by atoms with van der Waals surface area (Å²) in [7, 11) is 0. The quantitative estimate of drug-likeness (QED) is 0.479. The third-order valence-electron chi connectivity index (χ3n) is 1.50. The maximum Gasteiger partial charge on any atom is 0.334 e. The van der Waals surface area contributed by atoms with E-state index < -0.39 is 24.5 Å². The van der Waals surface area contributed by atoms with Gasteiger partial charge >= 0.3 is 11.9 Å². The van der Waals surface area contributed by atoms with Crippen LogP contribution in [0.25, 0.3) is 0 Å². The first-order chi connectivity index (χ1) is 6.47. The second-order valence-electron chi connectivity index (χ2n) is 2.90. The highest BCUT2D eigenvalue weighted by atomic mass is 16.5. The van der Waals surface area contributed by atoms with Gasteiger partial charge in [-0.15, -0.1) is 0 Å². The van der Waals surface area contributed by atoms with Gasteiger partial charge in [0.15, 0.2) is 0 Å². The van der Waals surface area contributed by atoms with Crippen molar-refractivity contribution in [2.75, 3.05) is 6.61 Å². The fourth-order valence-corrected chi connectivity index (χ4v) is 0.762. The second-order valence-corrected chi connectivity index (χ2v) is 2.90. The number of carbonyl (C=O) groups excluding carboxylic acids is 1. The Balaban J connectivity index is 3.95. The van der Waals surface area contributed by atoms with E-state index in [0.29, 0.717) is 6.42 Å². The number of carbonyl (C=O) groups is 2. The Kier molecular flexibility index (Phi) is 5.55. The van der Waals surface area contributed by atoms with Crippen LogP contribution in [0, 0.1) is 0 Å². The summed E-state index contributed by atoms with van der Waals surface area (Å²) in [6.07, 6.45) is -0.533. The van der Waals surface area contributed by atoms with Crippen molar-refractivity contribution in [2.24, 2.45) is 0 Å². The smallest absolute Gasteiger partial charge is 0.334 e. The van der Waals surface area contributed by atoms with Gasteiger partial charge in [0, 0.05) is 18.6 Å². The Morgan fingerprint density at radius 3 is 2.50 bits per heavy atom. The molecular weight excluding hydrogens is 188 g/mol. The number of carboxylic acid groups (broad SMARTS) is 1. The molecule has 5 nitrogen and oxygen atoms in total. The summed E-state index contributed by atoms with van der Waals surface area (Å²) in [6.45, 7) is 4.82. The Morgan fingerprint density at radius 1 is 1.50 bits per heavy atom. The van der Waals surface area contributed by atoms with E-state index in [9.17, 15) is 9.59 Å². The lowest BCUT2D eigenvalue weighted by Crippen LogP contribution is -2.18. The fraction of sp³-hybridized carbons (Fsp3) is 0.556. The molecule has 1 atom stereocenters. The normalized spacial score (nSPS) is 11.9. The molecule has 0 radical (unpaired) electrons. The minimum Gasteiger partial charge on any atom is -0.481 e. The van der Waals surface area contributed by atoms with Gasteiger partial charge in [0.1, 0.15) is 6.10 Å². The van der Waals surface area contributed by atoms with Crippen LogP contribution < -0.4 is 0 Å². The number of esters is 1. The van der Waals surface area contributed by atoms with Gasteiger partial charge < -0.3 is 14.9 Å². The minimum absolute atomic E-state index is 0.0835. The molecule has 5 heteroatoms. The molecule has 0 aliphatic rings. The summed E-state index contributed by atoms with van der Waals surface area (Å²) < 4.78 is 4.79. The number of aliphatic hydroxyl groups is 1. The molecule has 0 aromatic rings. The standard InChI is InChI=1S/C9H14O5/c1-6(5-8(11)12)9(13)14-7(2)3-4-10/h7,10H,1,3-5H2,2H3,(H,11,12). The molecule has 0 saturated carbocycles. The lowest BCUT2D eigenvalue weighted by molar-refractivity contribution is -0.146. The van der Waals surface area contributed by atoms with Crippen molar-refractivity contribution in [1.29, 1.82) is 0 Å². The maximum absolute atomic E-state index is 11.1. The molecule has 2 N–H and O–H groups in total. The Bertz CT molecular complexity index is 233. The maximum atomic E-state index is 11.1. The van der Waals surface area contributed by atoms with E-state index in [-0.39, 0.29) is 12.2 Å². The van der Waals surface area contributed by atoms with Crippen molar-refractivity contribution in [3.63, 3.8) is 0 Å². The van der Waals surface area contributed by atoms with Crippen LogP contribution in [0.4, 0.5) is 0 Å². The van der Waals surface area contributed by atoms with E-state index in [1.54, 1.807) is 6.92 Å². The number of carboxylic acids is 1. The average molecular weight is 202 g/mol. The van der Waals surface area contributed by atoms with Gasteiger partial charge in [-0.05, 0) is 6.92 Å². The number of aliphatic hydroxyl groups excluding tert-OH is 1. The van der Waals surface area contributed by atoms with Crippen molar-refractivity contribution in [2.45, 2.75) is 25.9 Å². The molecule has 0 amide bonds. The highest BCUT2D eigenvalue weighted by Gasteiger charge is 2.14. The molecule has 0 aliphatic carbocycles. The zero-order valence-electron chi connectivity index (χ0n) is 8.02. The third-order valence-corrected chi connectivity index (χ3v) is 1.50. The molecule has 0 bridgehead atoms. The first kappa shape index (κ1) is 12.6. The lowest BCUT2D eigenvalue weighted by atomic mass is 10.2. The van der Waals surface area contributed by atoms with Gasteiger partial charge in [0.2, 0.25) is 0 Å². The summed E-state index contributed by atoms with van der Waals surface area (Å²) in [4.78, 5) is 21.3. The van der Waals surface area contributed by atoms with E-state index in [4.69, 9.17) is 14.9 Å². The topological polar surface area (TPSA) is 83.8 Å². The van der Waals surface area contributed by atoms with Crippen LogP contribution in [0.3, 0.4) is 0 Å². The first-order valence-electron chi connectivity index (χ1n) is 4.18. The van der Waals surface area contributed by atoms with Crippen LogP contribution in [0.2, 0.25) is 0 Å². The van der Waals surface area contributed by atoms with Gasteiger partial charge in [-0.2, -0.15) is 0 Å². The molecule has 0 saturated heterocycles. The van der Waals surface area contributed by atoms with E-state index >= 15 is 0 Å². The van der Waals surface area contributed by atoms with E-state index in [0.717, 1.165) is 0 Å². The summed E-state index contributed by atoms with van der Waals surface area (Å²) in [5.74, 6) is -1.85. The number of rotatable bonds is 6. The van der Waals surface area contributed by atoms with E-state index in [1.807, 2.05) is 0 Å². The largest absolute Gasteiger partial charge is 0.481 e. The zero-order chi connectivity index (χ0) is 11.1. The van der Waals surface area contributed by atoms with Crippen LogP contribution in [-0.2, 0) is 14.3 Å². The predicted octanol–water partition coefficient (Wildman–Crippen LogP) is 0.331. The number of ether oxygens (including phenoxy) is 1. The molecule has 80 valence electrons. The van der Waals surface area contributed by atoms with Crippen molar-refractivity contribution < 1.29 is 24.5 Å². The molecule has 0 aromatic carbocycles. The minimum atomic E-state index is -1.12. The first-order valence-corrected chi connectivity index (χ1v) is 4.18. The van der Waals surface area contributed by atoms with Crippen LogP contribution in [-0.4, -0.2) is 34.9 Å². The molecule has 0 heterocycles. The van der Waals surface area contributed by atoms with Crippen molar-refractivity contribution in [3.05, 3.63) is 12.2 Å². The Morgan fingerprint density at radius 2 is 2.07 bits per heavy atom. The van der Waals surface area contributed by atoms with Gasteiger partial charge in [-0.1, -0.05) is 6.58 Å². The molecule has 0 spiro atoms. The predicted molar refractivity (Wildman–Crippen MR) is 48.6 cm³/mol. The molecule has 1 unspecified atom stereocenters. The number of hydrogen-bond donors (Lipinski definition) is 2. The molecule has 14 heavy (non-hydrogen) atoms. The number of aliphatic carboxylic acids is 1.